The Bertz CT molecular complexity index is 923. The molecule has 0 bridgehead atoms. The van der Waals surface area contributed by atoms with Crippen molar-refractivity contribution in [1.82, 2.24) is 5.32 Å². The number of anilines is 1. The third kappa shape index (κ3) is 3.44. The third-order valence-electron chi connectivity index (χ3n) is 3.66. The van der Waals surface area contributed by atoms with Gasteiger partial charge in [0.1, 0.15) is 5.57 Å². The lowest BCUT2D eigenvalue weighted by Gasteiger charge is -2.29. The molecule has 0 saturated carbocycles. The maximum absolute atomic E-state index is 12.9. The summed E-state index contributed by atoms with van der Waals surface area (Å²) in [5, 5.41) is 2.95. The van der Waals surface area contributed by atoms with E-state index in [0.29, 0.717) is 5.69 Å². The molecule has 7 heteroatoms. The number of benzene rings is 2. The number of nitrogens with one attached hydrogen (secondary N) is 1. The summed E-state index contributed by atoms with van der Waals surface area (Å²) in [6.07, 6.45) is 1.52. The highest BCUT2D eigenvalue weighted by Gasteiger charge is 2.35. The van der Waals surface area contributed by atoms with Crippen molar-refractivity contribution in [2.24, 2.45) is 0 Å². The van der Waals surface area contributed by atoms with Crippen LogP contribution in [0.3, 0.4) is 0 Å². The molecule has 1 aliphatic heterocycles. The van der Waals surface area contributed by atoms with Gasteiger partial charge >= 0.3 is 0 Å². The van der Waals surface area contributed by atoms with Crippen molar-refractivity contribution < 1.29 is 9.59 Å². The molecule has 126 valence electrons. The van der Waals surface area contributed by atoms with Crippen molar-refractivity contribution in [2.45, 2.75) is 6.92 Å². The second kappa shape index (κ2) is 6.96. The van der Waals surface area contributed by atoms with Gasteiger partial charge in [-0.3, -0.25) is 19.8 Å². The fourth-order valence-electron chi connectivity index (χ4n) is 2.37. The maximum atomic E-state index is 12.9. The number of hydrogen-bond donors (Lipinski definition) is 1. The van der Waals surface area contributed by atoms with Crippen LogP contribution >= 0.6 is 35.4 Å². The number of carbonyl (C=O) groups excluding carboxylic acids is 2. The summed E-state index contributed by atoms with van der Waals surface area (Å²) in [5.41, 5.74) is 2.09. The summed E-state index contributed by atoms with van der Waals surface area (Å²) < 4.78 is 0. The Morgan fingerprint density at radius 2 is 1.76 bits per heavy atom. The zero-order chi connectivity index (χ0) is 18.1. The molecular weight excluding hydrogens is 379 g/mol. The van der Waals surface area contributed by atoms with E-state index in [1.165, 1.54) is 11.0 Å². The SMILES string of the molecule is Cc1ccc(/C=C2\C(=O)NC(=S)N(c3cccc(Cl)c3Cl)C2=O)cc1. The van der Waals surface area contributed by atoms with Crippen LogP contribution in [0, 0.1) is 6.92 Å². The van der Waals surface area contributed by atoms with Crippen molar-refractivity contribution in [2.75, 3.05) is 4.90 Å². The molecule has 1 saturated heterocycles. The number of halogens is 2. The Morgan fingerprint density at radius 1 is 1.08 bits per heavy atom. The second-order valence-electron chi connectivity index (χ2n) is 5.44. The van der Waals surface area contributed by atoms with Crippen molar-refractivity contribution in [1.29, 1.82) is 0 Å². The van der Waals surface area contributed by atoms with Crippen LogP contribution in [0.2, 0.25) is 10.0 Å². The van der Waals surface area contributed by atoms with E-state index < -0.39 is 11.8 Å². The van der Waals surface area contributed by atoms with Crippen LogP contribution in [0.25, 0.3) is 6.08 Å². The van der Waals surface area contributed by atoms with Gasteiger partial charge in [0.2, 0.25) is 0 Å². The maximum Gasteiger partial charge on any atom is 0.270 e. The van der Waals surface area contributed by atoms with Crippen LogP contribution in [0.15, 0.2) is 48.0 Å². The predicted octanol–water partition coefficient (Wildman–Crippen LogP) is 4.13. The van der Waals surface area contributed by atoms with Crippen molar-refractivity contribution >= 4 is 64.1 Å². The predicted molar refractivity (Wildman–Crippen MR) is 104 cm³/mol. The van der Waals surface area contributed by atoms with Gasteiger partial charge in [0.05, 0.1) is 15.7 Å². The van der Waals surface area contributed by atoms with Crippen LogP contribution in [0.5, 0.6) is 0 Å². The van der Waals surface area contributed by atoms with Crippen molar-refractivity contribution in [3.63, 3.8) is 0 Å². The second-order valence-corrected chi connectivity index (χ2v) is 6.61. The number of hydrogen-bond acceptors (Lipinski definition) is 3. The summed E-state index contributed by atoms with van der Waals surface area (Å²) in [6, 6.07) is 12.3. The zero-order valence-electron chi connectivity index (χ0n) is 13.0. The van der Waals surface area contributed by atoms with Gasteiger partial charge in [0.25, 0.3) is 11.8 Å². The molecule has 3 rings (SSSR count). The van der Waals surface area contributed by atoms with E-state index in [1.807, 2.05) is 31.2 Å². The molecule has 0 aromatic heterocycles. The smallest absolute Gasteiger partial charge is 0.270 e. The minimum Gasteiger partial charge on any atom is -0.298 e. The summed E-state index contributed by atoms with van der Waals surface area (Å²) in [4.78, 5) is 26.3. The summed E-state index contributed by atoms with van der Waals surface area (Å²) >= 11 is 17.4. The number of nitrogens with zero attached hydrogens (tertiary/aromatic N) is 1. The molecule has 1 N–H and O–H groups in total. The molecule has 0 aliphatic carbocycles. The lowest BCUT2D eigenvalue weighted by atomic mass is 10.1. The number of carbonyl (C=O) groups is 2. The Balaban J connectivity index is 2.05. The average Bonchev–Trinajstić information content (AvgIpc) is 2.57. The van der Waals surface area contributed by atoms with Crippen LogP contribution < -0.4 is 10.2 Å². The normalized spacial score (nSPS) is 16.4. The first-order valence-corrected chi connectivity index (χ1v) is 8.47. The summed E-state index contributed by atoms with van der Waals surface area (Å²) in [6.45, 7) is 1.96. The quantitative estimate of drug-likeness (QED) is 0.476. The number of amides is 2. The van der Waals surface area contributed by atoms with E-state index in [1.54, 1.807) is 18.2 Å². The van der Waals surface area contributed by atoms with Gasteiger partial charge in [-0.2, -0.15) is 0 Å². The Hall–Kier alpha value is -2.21. The van der Waals surface area contributed by atoms with Crippen LogP contribution in [-0.4, -0.2) is 16.9 Å². The lowest BCUT2D eigenvalue weighted by molar-refractivity contribution is -0.122. The van der Waals surface area contributed by atoms with Crippen LogP contribution in [0.1, 0.15) is 11.1 Å². The molecular formula is C18H12Cl2N2O2S. The number of aryl methyl sites for hydroxylation is 1. The Labute approximate surface area is 160 Å². The van der Waals surface area contributed by atoms with Gasteiger partial charge in [0, 0.05) is 0 Å². The largest absolute Gasteiger partial charge is 0.298 e. The lowest BCUT2D eigenvalue weighted by Crippen LogP contribution is -2.54. The molecule has 0 atom stereocenters. The fraction of sp³-hybridized carbons (Fsp3) is 0.0556. The molecule has 2 aromatic rings. The van der Waals surface area contributed by atoms with Gasteiger partial charge in [-0.25, -0.2) is 0 Å². The third-order valence-corrected chi connectivity index (χ3v) is 4.76. The highest BCUT2D eigenvalue weighted by Crippen LogP contribution is 2.34. The molecule has 25 heavy (non-hydrogen) atoms. The van der Waals surface area contributed by atoms with Crippen molar-refractivity contribution in [3.8, 4) is 0 Å². The monoisotopic (exact) mass is 390 g/mol. The standard InChI is InChI=1S/C18H12Cl2N2O2S/c1-10-5-7-11(8-6-10)9-12-16(23)21-18(25)22(17(12)24)14-4-2-3-13(19)15(14)20/h2-9H,1H3,(H,21,23,25)/b12-9+. The number of rotatable bonds is 2. The molecule has 0 spiro atoms. The summed E-state index contributed by atoms with van der Waals surface area (Å²) in [7, 11) is 0. The van der Waals surface area contributed by atoms with E-state index in [2.05, 4.69) is 5.32 Å². The summed E-state index contributed by atoms with van der Waals surface area (Å²) in [5.74, 6) is -1.11. The minimum absolute atomic E-state index is 0.0338. The van der Waals surface area contributed by atoms with Gasteiger partial charge in [-0.1, -0.05) is 59.1 Å². The first-order chi connectivity index (χ1) is 11.9. The van der Waals surface area contributed by atoms with E-state index in [4.69, 9.17) is 35.4 Å². The van der Waals surface area contributed by atoms with E-state index in [-0.39, 0.29) is 20.7 Å². The van der Waals surface area contributed by atoms with Gasteiger partial charge in [0.15, 0.2) is 5.11 Å². The van der Waals surface area contributed by atoms with E-state index in [9.17, 15) is 9.59 Å². The first-order valence-electron chi connectivity index (χ1n) is 7.30. The molecule has 1 fully saturated rings. The van der Waals surface area contributed by atoms with Crippen LogP contribution in [0.4, 0.5) is 5.69 Å². The Kier molecular flexibility index (Phi) is 4.90. The first kappa shape index (κ1) is 17.6. The zero-order valence-corrected chi connectivity index (χ0v) is 15.4. The fourth-order valence-corrected chi connectivity index (χ4v) is 3.02. The number of thiocarbonyl (C=S) groups is 1. The van der Waals surface area contributed by atoms with Crippen LogP contribution in [-0.2, 0) is 9.59 Å². The minimum atomic E-state index is -0.557. The van der Waals surface area contributed by atoms with Gasteiger partial charge in [-0.05, 0) is 42.9 Å². The molecule has 1 heterocycles. The Morgan fingerprint density at radius 3 is 2.44 bits per heavy atom. The molecule has 1 aliphatic rings. The topological polar surface area (TPSA) is 49.4 Å². The van der Waals surface area contributed by atoms with E-state index in [0.717, 1.165) is 11.1 Å². The molecule has 4 nitrogen and oxygen atoms in total. The molecule has 0 radical (unpaired) electrons. The molecule has 0 unspecified atom stereocenters. The highest BCUT2D eigenvalue weighted by atomic mass is 35.5. The molecule has 2 aromatic carbocycles. The van der Waals surface area contributed by atoms with Gasteiger partial charge in [-0.15, -0.1) is 0 Å². The molecule has 2 amide bonds. The van der Waals surface area contributed by atoms with Crippen molar-refractivity contribution in [3.05, 3.63) is 69.2 Å². The highest BCUT2D eigenvalue weighted by molar-refractivity contribution is 7.80. The average molecular weight is 391 g/mol. The van der Waals surface area contributed by atoms with Gasteiger partial charge < -0.3 is 0 Å². The van der Waals surface area contributed by atoms with E-state index >= 15 is 0 Å².